The highest BCUT2D eigenvalue weighted by molar-refractivity contribution is 5.93. The highest BCUT2D eigenvalue weighted by Crippen LogP contribution is 2.35. The Morgan fingerprint density at radius 2 is 1.83 bits per heavy atom. The third kappa shape index (κ3) is 2.13. The van der Waals surface area contributed by atoms with Gasteiger partial charge in [-0.25, -0.2) is 4.79 Å². The van der Waals surface area contributed by atoms with Gasteiger partial charge in [-0.1, -0.05) is 30.3 Å². The molecule has 0 radical (unpaired) electrons. The number of methoxy groups -OCH3 is 1. The van der Waals surface area contributed by atoms with Crippen molar-refractivity contribution >= 4 is 5.97 Å². The van der Waals surface area contributed by atoms with E-state index in [9.17, 15) is 9.90 Å². The van der Waals surface area contributed by atoms with Gasteiger partial charge in [-0.15, -0.1) is 0 Å². The number of aromatic hydroxyl groups is 1. The molecule has 0 saturated carbocycles. The van der Waals surface area contributed by atoms with Crippen LogP contribution in [0.25, 0.3) is 11.1 Å². The standard InChI is InChI=1S/C14H12O4/c1-18-13-8-12(15)11(14(16)17)7-10(13)9-5-3-2-4-6-9/h2-8,15H,1H3,(H,16,17). The van der Waals surface area contributed by atoms with Gasteiger partial charge in [0.1, 0.15) is 17.1 Å². The van der Waals surface area contributed by atoms with E-state index in [4.69, 9.17) is 9.84 Å². The van der Waals surface area contributed by atoms with Crippen molar-refractivity contribution in [1.82, 2.24) is 0 Å². The lowest BCUT2D eigenvalue weighted by molar-refractivity contribution is 0.0694. The number of carboxylic acid groups (broad SMARTS) is 1. The molecule has 0 saturated heterocycles. The molecule has 0 bridgehead atoms. The van der Waals surface area contributed by atoms with Gasteiger partial charge in [-0.3, -0.25) is 0 Å². The van der Waals surface area contributed by atoms with Gasteiger partial charge < -0.3 is 14.9 Å². The molecule has 0 aliphatic heterocycles. The number of hydrogen-bond acceptors (Lipinski definition) is 3. The van der Waals surface area contributed by atoms with Gasteiger partial charge in [0, 0.05) is 11.6 Å². The predicted molar refractivity (Wildman–Crippen MR) is 67.1 cm³/mol. The molecule has 0 aliphatic rings. The van der Waals surface area contributed by atoms with E-state index < -0.39 is 5.97 Å². The second kappa shape index (κ2) is 4.79. The fourth-order valence-electron chi connectivity index (χ4n) is 1.75. The minimum atomic E-state index is -1.17. The quantitative estimate of drug-likeness (QED) is 0.871. The number of aromatic carboxylic acids is 1. The van der Waals surface area contributed by atoms with Crippen LogP contribution in [0.3, 0.4) is 0 Å². The summed E-state index contributed by atoms with van der Waals surface area (Å²) in [6, 6.07) is 12.0. The Hall–Kier alpha value is -2.49. The van der Waals surface area contributed by atoms with Crippen LogP contribution in [0.4, 0.5) is 0 Å². The monoisotopic (exact) mass is 244 g/mol. The number of rotatable bonds is 3. The van der Waals surface area contributed by atoms with Gasteiger partial charge >= 0.3 is 5.97 Å². The van der Waals surface area contributed by atoms with Gasteiger partial charge in [0.15, 0.2) is 0 Å². The number of hydrogen-bond donors (Lipinski definition) is 2. The molecule has 4 heteroatoms. The largest absolute Gasteiger partial charge is 0.507 e. The maximum atomic E-state index is 11.0. The van der Waals surface area contributed by atoms with Crippen LogP contribution in [0.1, 0.15) is 10.4 Å². The summed E-state index contributed by atoms with van der Waals surface area (Å²) in [7, 11) is 1.47. The molecule has 0 aromatic heterocycles. The Morgan fingerprint density at radius 3 is 2.39 bits per heavy atom. The maximum absolute atomic E-state index is 11.0. The molecule has 2 aromatic rings. The summed E-state index contributed by atoms with van der Waals surface area (Å²) < 4.78 is 5.16. The summed E-state index contributed by atoms with van der Waals surface area (Å²) in [5, 5.41) is 18.6. The first-order valence-corrected chi connectivity index (χ1v) is 5.33. The SMILES string of the molecule is COc1cc(O)c(C(=O)O)cc1-c1ccccc1. The van der Waals surface area contributed by atoms with E-state index >= 15 is 0 Å². The van der Waals surface area contributed by atoms with Crippen molar-refractivity contribution in [3.8, 4) is 22.6 Å². The van der Waals surface area contributed by atoms with Crippen molar-refractivity contribution in [3.63, 3.8) is 0 Å². The highest BCUT2D eigenvalue weighted by Gasteiger charge is 2.15. The van der Waals surface area contributed by atoms with E-state index in [0.29, 0.717) is 11.3 Å². The topological polar surface area (TPSA) is 66.8 Å². The van der Waals surface area contributed by atoms with Crippen molar-refractivity contribution in [3.05, 3.63) is 48.0 Å². The fourth-order valence-corrected chi connectivity index (χ4v) is 1.75. The average Bonchev–Trinajstić information content (AvgIpc) is 2.39. The molecule has 0 aliphatic carbocycles. The van der Waals surface area contributed by atoms with Gasteiger partial charge in [0.2, 0.25) is 0 Å². The van der Waals surface area contributed by atoms with Crippen LogP contribution in [0.5, 0.6) is 11.5 Å². The molecule has 2 rings (SSSR count). The normalized spacial score (nSPS) is 10.1. The van der Waals surface area contributed by atoms with Crippen molar-refractivity contribution in [2.24, 2.45) is 0 Å². The summed E-state index contributed by atoms with van der Waals surface area (Å²) in [6.07, 6.45) is 0. The van der Waals surface area contributed by atoms with E-state index in [1.165, 1.54) is 19.2 Å². The molecule has 18 heavy (non-hydrogen) atoms. The summed E-state index contributed by atoms with van der Waals surface area (Å²) in [5.41, 5.74) is 1.32. The zero-order chi connectivity index (χ0) is 13.1. The lowest BCUT2D eigenvalue weighted by Crippen LogP contribution is -1.99. The smallest absolute Gasteiger partial charge is 0.339 e. The second-order valence-electron chi connectivity index (χ2n) is 3.74. The molecule has 0 amide bonds. The van der Waals surface area contributed by atoms with Crippen LogP contribution in [0, 0.1) is 0 Å². The zero-order valence-corrected chi connectivity index (χ0v) is 9.75. The molecule has 2 N–H and O–H groups in total. The van der Waals surface area contributed by atoms with Crippen molar-refractivity contribution in [1.29, 1.82) is 0 Å². The Bertz CT molecular complexity index is 576. The number of carboxylic acids is 1. The lowest BCUT2D eigenvalue weighted by Gasteiger charge is -2.11. The first-order valence-electron chi connectivity index (χ1n) is 5.33. The van der Waals surface area contributed by atoms with Crippen LogP contribution in [-0.4, -0.2) is 23.3 Å². The maximum Gasteiger partial charge on any atom is 0.339 e. The van der Waals surface area contributed by atoms with E-state index in [-0.39, 0.29) is 11.3 Å². The third-order valence-corrected chi connectivity index (χ3v) is 2.63. The Labute approximate surface area is 104 Å². The van der Waals surface area contributed by atoms with E-state index in [1.54, 1.807) is 0 Å². The van der Waals surface area contributed by atoms with E-state index in [2.05, 4.69) is 0 Å². The van der Waals surface area contributed by atoms with E-state index in [1.807, 2.05) is 30.3 Å². The zero-order valence-electron chi connectivity index (χ0n) is 9.75. The number of phenols is 1. The average molecular weight is 244 g/mol. The Balaban J connectivity index is 2.65. The lowest BCUT2D eigenvalue weighted by atomic mass is 10.0. The first kappa shape index (κ1) is 12.0. The second-order valence-corrected chi connectivity index (χ2v) is 3.74. The predicted octanol–water partition coefficient (Wildman–Crippen LogP) is 2.77. The third-order valence-electron chi connectivity index (χ3n) is 2.63. The molecule has 0 spiro atoms. The van der Waals surface area contributed by atoms with Gasteiger partial charge in [-0.05, 0) is 11.6 Å². The minimum Gasteiger partial charge on any atom is -0.507 e. The van der Waals surface area contributed by atoms with Crippen molar-refractivity contribution in [2.75, 3.05) is 7.11 Å². The number of benzene rings is 2. The number of ether oxygens (including phenoxy) is 1. The van der Waals surface area contributed by atoms with Crippen molar-refractivity contribution in [2.45, 2.75) is 0 Å². The molecule has 2 aromatic carbocycles. The van der Waals surface area contributed by atoms with Crippen LogP contribution in [0.2, 0.25) is 0 Å². The molecular weight excluding hydrogens is 232 g/mol. The Morgan fingerprint density at radius 1 is 1.17 bits per heavy atom. The Kier molecular flexibility index (Phi) is 3.19. The molecule has 0 atom stereocenters. The summed E-state index contributed by atoms with van der Waals surface area (Å²) in [5.74, 6) is -1.05. The van der Waals surface area contributed by atoms with Gasteiger partial charge in [0.25, 0.3) is 0 Å². The van der Waals surface area contributed by atoms with E-state index in [0.717, 1.165) is 5.56 Å². The molecule has 0 unspecified atom stereocenters. The van der Waals surface area contributed by atoms with Crippen LogP contribution < -0.4 is 4.74 Å². The highest BCUT2D eigenvalue weighted by atomic mass is 16.5. The van der Waals surface area contributed by atoms with Crippen molar-refractivity contribution < 1.29 is 19.7 Å². The molecule has 0 heterocycles. The van der Waals surface area contributed by atoms with Crippen LogP contribution >= 0.6 is 0 Å². The van der Waals surface area contributed by atoms with Gasteiger partial charge in [0.05, 0.1) is 7.11 Å². The molecule has 0 fully saturated rings. The fraction of sp³-hybridized carbons (Fsp3) is 0.0714. The molecule has 92 valence electrons. The van der Waals surface area contributed by atoms with Crippen LogP contribution in [-0.2, 0) is 0 Å². The minimum absolute atomic E-state index is 0.144. The molecule has 4 nitrogen and oxygen atoms in total. The summed E-state index contributed by atoms with van der Waals surface area (Å²) >= 11 is 0. The summed E-state index contributed by atoms with van der Waals surface area (Å²) in [4.78, 5) is 11.0. The van der Waals surface area contributed by atoms with Gasteiger partial charge in [-0.2, -0.15) is 0 Å². The molecular formula is C14H12O4. The summed E-state index contributed by atoms with van der Waals surface area (Å²) in [6.45, 7) is 0. The first-order chi connectivity index (χ1) is 8.63. The number of carbonyl (C=O) groups is 1. The van der Waals surface area contributed by atoms with Crippen LogP contribution in [0.15, 0.2) is 42.5 Å².